The van der Waals surface area contributed by atoms with Gasteiger partial charge in [-0.25, -0.2) is 8.78 Å². The summed E-state index contributed by atoms with van der Waals surface area (Å²) >= 11 is 12.5. The third-order valence-electron chi connectivity index (χ3n) is 7.92. The zero-order chi connectivity index (χ0) is 26.8. The fourth-order valence-corrected chi connectivity index (χ4v) is 6.17. The van der Waals surface area contributed by atoms with Crippen molar-refractivity contribution in [1.29, 1.82) is 0 Å². The van der Waals surface area contributed by atoms with E-state index in [0.717, 1.165) is 49.9 Å². The number of amides is 1. The van der Waals surface area contributed by atoms with Crippen molar-refractivity contribution in [3.63, 3.8) is 0 Å². The Morgan fingerprint density at radius 3 is 2.34 bits per heavy atom. The summed E-state index contributed by atoms with van der Waals surface area (Å²) in [5, 5.41) is 1.21. The molecule has 3 aliphatic rings. The topological polar surface area (TPSA) is 42.0 Å². The van der Waals surface area contributed by atoms with Crippen molar-refractivity contribution in [1.82, 2.24) is 9.80 Å². The average molecular weight is 568 g/mol. The number of carbonyl (C=O) groups excluding carboxylic acids is 1. The molecule has 1 aliphatic carbocycles. The van der Waals surface area contributed by atoms with E-state index in [1.54, 1.807) is 19.2 Å². The van der Waals surface area contributed by atoms with Crippen molar-refractivity contribution in [2.24, 2.45) is 5.92 Å². The molecule has 38 heavy (non-hydrogen) atoms. The number of nitrogens with zero attached hydrogens (tertiary/aromatic N) is 2. The zero-order valence-electron chi connectivity index (χ0n) is 21.6. The highest BCUT2D eigenvalue weighted by Crippen LogP contribution is 2.45. The van der Waals surface area contributed by atoms with Gasteiger partial charge in [0.2, 0.25) is 0 Å². The lowest BCUT2D eigenvalue weighted by molar-refractivity contribution is 0.0556. The van der Waals surface area contributed by atoms with Gasteiger partial charge in [0.1, 0.15) is 17.7 Å². The van der Waals surface area contributed by atoms with Crippen LogP contribution in [0.5, 0.6) is 5.75 Å². The van der Waals surface area contributed by atoms with Gasteiger partial charge in [0.05, 0.1) is 31.4 Å². The summed E-state index contributed by atoms with van der Waals surface area (Å²) in [5.41, 5.74) is 1.95. The van der Waals surface area contributed by atoms with Crippen LogP contribution in [0.3, 0.4) is 0 Å². The molecule has 2 atom stereocenters. The molecule has 0 aromatic heterocycles. The molecule has 2 aromatic carbocycles. The number of hydrogen-bond donors (Lipinski definition) is 0. The Bertz CT molecular complexity index is 1130. The second-order valence-corrected chi connectivity index (χ2v) is 11.6. The van der Waals surface area contributed by atoms with Crippen LogP contribution in [0, 0.1) is 11.7 Å². The highest BCUT2D eigenvalue weighted by Gasteiger charge is 2.33. The maximum atomic E-state index is 15.1. The van der Waals surface area contributed by atoms with Crippen molar-refractivity contribution in [3.8, 4) is 5.75 Å². The van der Waals surface area contributed by atoms with Gasteiger partial charge in [0.15, 0.2) is 0 Å². The molecule has 9 heteroatoms. The van der Waals surface area contributed by atoms with E-state index in [4.69, 9.17) is 32.7 Å². The summed E-state index contributed by atoms with van der Waals surface area (Å²) in [6.07, 6.45) is 3.14. The standard InChI is InChI=1S/C29H34Cl2F2N2O3/c1-37-17-27(20-10-21(30)12-22(31)11-20)34-7-4-18(5-8-34)16-38-28-14-26(33)25(13-24(28)19-2-3-19)29(36)35-9-6-23(32)15-35/h10-14,18-19,23,27H,2-9,15-17H2,1H3. The molecular formula is C29H34Cl2F2N2O3. The minimum atomic E-state index is -1.04. The first kappa shape index (κ1) is 27.6. The molecule has 2 aromatic rings. The van der Waals surface area contributed by atoms with E-state index in [9.17, 15) is 9.18 Å². The van der Waals surface area contributed by atoms with Gasteiger partial charge in [-0.2, -0.15) is 0 Å². The van der Waals surface area contributed by atoms with Crippen LogP contribution >= 0.6 is 23.2 Å². The fraction of sp³-hybridized carbons (Fsp3) is 0.552. The molecule has 0 bridgehead atoms. The van der Waals surface area contributed by atoms with E-state index < -0.39 is 17.9 Å². The van der Waals surface area contributed by atoms with Gasteiger partial charge < -0.3 is 14.4 Å². The fourth-order valence-electron chi connectivity index (χ4n) is 5.62. The minimum absolute atomic E-state index is 0.0203. The second kappa shape index (κ2) is 12.1. The Labute approximate surface area is 233 Å². The van der Waals surface area contributed by atoms with Crippen LogP contribution in [0.25, 0.3) is 0 Å². The molecule has 0 spiro atoms. The lowest BCUT2D eigenvalue weighted by atomic mass is 9.95. The van der Waals surface area contributed by atoms with E-state index in [0.29, 0.717) is 47.9 Å². The predicted octanol–water partition coefficient (Wildman–Crippen LogP) is 6.67. The Morgan fingerprint density at radius 1 is 1.03 bits per heavy atom. The van der Waals surface area contributed by atoms with Crippen molar-refractivity contribution < 1.29 is 23.0 Å². The summed E-state index contributed by atoms with van der Waals surface area (Å²) < 4.78 is 40.4. The van der Waals surface area contributed by atoms with Crippen LogP contribution in [-0.4, -0.2) is 68.4 Å². The van der Waals surface area contributed by atoms with Crippen LogP contribution in [0.4, 0.5) is 8.78 Å². The maximum absolute atomic E-state index is 15.1. The van der Waals surface area contributed by atoms with Crippen LogP contribution in [0.15, 0.2) is 30.3 Å². The molecule has 5 nitrogen and oxygen atoms in total. The molecule has 206 valence electrons. The quantitative estimate of drug-likeness (QED) is 0.340. The smallest absolute Gasteiger partial charge is 0.256 e. The van der Waals surface area contributed by atoms with Crippen molar-refractivity contribution in [2.75, 3.05) is 46.5 Å². The van der Waals surface area contributed by atoms with E-state index in [1.165, 1.54) is 11.0 Å². The van der Waals surface area contributed by atoms with Gasteiger partial charge in [-0.05, 0) is 92.4 Å². The number of likely N-dealkylation sites (tertiary alicyclic amines) is 2. The number of halogens is 4. The van der Waals surface area contributed by atoms with E-state index in [-0.39, 0.29) is 24.1 Å². The number of methoxy groups -OCH3 is 1. The monoisotopic (exact) mass is 566 g/mol. The Kier molecular flexibility index (Phi) is 8.78. The van der Waals surface area contributed by atoms with E-state index in [1.807, 2.05) is 12.1 Å². The SMILES string of the molecule is COCC(c1cc(Cl)cc(Cl)c1)N1CCC(COc2cc(F)c(C(=O)N3CCC(F)C3)cc2C2CC2)CC1. The molecule has 2 heterocycles. The first-order valence-corrected chi connectivity index (χ1v) is 14.2. The van der Waals surface area contributed by atoms with Gasteiger partial charge >= 0.3 is 0 Å². The van der Waals surface area contributed by atoms with Crippen LogP contribution in [0.1, 0.15) is 65.5 Å². The van der Waals surface area contributed by atoms with Gasteiger partial charge in [0, 0.05) is 29.8 Å². The molecule has 1 amide bonds. The van der Waals surface area contributed by atoms with Crippen molar-refractivity contribution in [2.45, 2.75) is 50.2 Å². The average Bonchev–Trinajstić information content (AvgIpc) is 3.64. The van der Waals surface area contributed by atoms with Gasteiger partial charge in [-0.3, -0.25) is 9.69 Å². The summed E-state index contributed by atoms with van der Waals surface area (Å²) in [6.45, 7) is 3.13. The summed E-state index contributed by atoms with van der Waals surface area (Å²) in [4.78, 5) is 16.6. The number of ether oxygens (including phenoxy) is 2. The van der Waals surface area contributed by atoms with Gasteiger partial charge in [-0.15, -0.1) is 0 Å². The second-order valence-electron chi connectivity index (χ2n) is 10.7. The third-order valence-corrected chi connectivity index (χ3v) is 8.36. The molecule has 2 unspecified atom stereocenters. The summed E-state index contributed by atoms with van der Waals surface area (Å²) in [6, 6.07) is 8.66. The Morgan fingerprint density at radius 2 is 1.74 bits per heavy atom. The number of alkyl halides is 1. The molecule has 3 fully saturated rings. The minimum Gasteiger partial charge on any atom is -0.493 e. The molecule has 0 radical (unpaired) electrons. The molecule has 1 saturated carbocycles. The van der Waals surface area contributed by atoms with Gasteiger partial charge in [0.25, 0.3) is 5.91 Å². The molecule has 0 N–H and O–H groups in total. The lowest BCUT2D eigenvalue weighted by Gasteiger charge is -2.37. The molecular weight excluding hydrogens is 533 g/mol. The third kappa shape index (κ3) is 6.44. The first-order chi connectivity index (χ1) is 18.3. The largest absolute Gasteiger partial charge is 0.493 e. The number of piperidine rings is 1. The Hall–Kier alpha value is -1.93. The predicted molar refractivity (Wildman–Crippen MR) is 145 cm³/mol. The number of hydrogen-bond acceptors (Lipinski definition) is 4. The maximum Gasteiger partial charge on any atom is 0.256 e. The van der Waals surface area contributed by atoms with Crippen LogP contribution in [-0.2, 0) is 4.74 Å². The van der Waals surface area contributed by atoms with Gasteiger partial charge in [-0.1, -0.05) is 23.2 Å². The lowest BCUT2D eigenvalue weighted by Crippen LogP contribution is -2.39. The summed E-state index contributed by atoms with van der Waals surface area (Å²) in [5.74, 6) is 0.106. The zero-order valence-corrected chi connectivity index (χ0v) is 23.1. The summed E-state index contributed by atoms with van der Waals surface area (Å²) in [7, 11) is 1.69. The van der Waals surface area contributed by atoms with Crippen molar-refractivity contribution in [3.05, 3.63) is 62.9 Å². The number of rotatable bonds is 9. The van der Waals surface area contributed by atoms with Crippen LogP contribution < -0.4 is 4.74 Å². The van der Waals surface area contributed by atoms with Crippen molar-refractivity contribution >= 4 is 29.1 Å². The van der Waals surface area contributed by atoms with Crippen LogP contribution in [0.2, 0.25) is 10.0 Å². The highest BCUT2D eigenvalue weighted by molar-refractivity contribution is 6.34. The molecule has 2 aliphatic heterocycles. The van der Waals surface area contributed by atoms with E-state index >= 15 is 4.39 Å². The first-order valence-electron chi connectivity index (χ1n) is 13.4. The van der Waals surface area contributed by atoms with E-state index in [2.05, 4.69) is 4.90 Å². The molecule has 2 saturated heterocycles. The number of benzene rings is 2. The number of carbonyl (C=O) groups is 1. The molecule has 5 rings (SSSR count). The Balaban J connectivity index is 1.22. The highest BCUT2D eigenvalue weighted by atomic mass is 35.5. The normalized spacial score (nSPS) is 21.6.